The normalized spacial score (nSPS) is 10.5. The van der Waals surface area contributed by atoms with E-state index in [0.717, 1.165) is 5.69 Å². The smallest absolute Gasteiger partial charge is 0.225 e. The van der Waals surface area contributed by atoms with Crippen LogP contribution in [0, 0.1) is 5.92 Å². The number of hydrogen-bond donors (Lipinski definition) is 0. The van der Waals surface area contributed by atoms with Gasteiger partial charge in [-0.05, 0) is 0 Å². The van der Waals surface area contributed by atoms with Gasteiger partial charge in [0, 0.05) is 18.3 Å². The third-order valence-electron chi connectivity index (χ3n) is 1.75. The Morgan fingerprint density at radius 1 is 1.69 bits per heavy atom. The van der Waals surface area contributed by atoms with Gasteiger partial charge in [-0.15, -0.1) is 11.3 Å². The van der Waals surface area contributed by atoms with Crippen LogP contribution >= 0.6 is 11.3 Å². The van der Waals surface area contributed by atoms with Gasteiger partial charge in [0.15, 0.2) is 0 Å². The maximum Gasteiger partial charge on any atom is 0.225 e. The minimum Gasteiger partial charge on any atom is -0.340 e. The van der Waals surface area contributed by atoms with Crippen LogP contribution < -0.4 is 0 Å². The summed E-state index contributed by atoms with van der Waals surface area (Å²) in [5.74, 6) is 0.219. The van der Waals surface area contributed by atoms with E-state index < -0.39 is 0 Å². The molecule has 1 heterocycles. The van der Waals surface area contributed by atoms with Crippen molar-refractivity contribution in [3.8, 4) is 0 Å². The van der Waals surface area contributed by atoms with Crippen LogP contribution in [0.4, 0.5) is 0 Å². The molecule has 0 saturated carbocycles. The van der Waals surface area contributed by atoms with Gasteiger partial charge >= 0.3 is 0 Å². The van der Waals surface area contributed by atoms with E-state index in [0.29, 0.717) is 6.54 Å². The lowest BCUT2D eigenvalue weighted by Crippen LogP contribution is -2.29. The number of nitrogens with zero attached hydrogens (tertiary/aromatic N) is 2. The Kier molecular flexibility index (Phi) is 3.42. The number of aromatic nitrogens is 1. The highest BCUT2D eigenvalue weighted by molar-refractivity contribution is 7.07. The lowest BCUT2D eigenvalue weighted by molar-refractivity contribution is -0.133. The molecule has 0 bridgehead atoms. The van der Waals surface area contributed by atoms with E-state index in [1.807, 2.05) is 26.3 Å². The van der Waals surface area contributed by atoms with E-state index in [1.165, 1.54) is 0 Å². The van der Waals surface area contributed by atoms with Crippen molar-refractivity contribution < 1.29 is 4.79 Å². The van der Waals surface area contributed by atoms with Crippen molar-refractivity contribution in [2.75, 3.05) is 7.05 Å². The van der Waals surface area contributed by atoms with Gasteiger partial charge in [0.2, 0.25) is 5.91 Å². The summed E-state index contributed by atoms with van der Waals surface area (Å²) < 4.78 is 0. The molecule has 0 fully saturated rings. The highest BCUT2D eigenvalue weighted by Gasteiger charge is 2.13. The van der Waals surface area contributed by atoms with Gasteiger partial charge in [0.1, 0.15) is 0 Å². The SMILES string of the molecule is CC(C)C(=O)N(C)Cc1cscn1. The Balaban J connectivity index is 2.51. The molecule has 1 amide bonds. The van der Waals surface area contributed by atoms with Crippen LogP contribution in [-0.4, -0.2) is 22.8 Å². The maximum absolute atomic E-state index is 11.5. The first-order valence-electron chi connectivity index (χ1n) is 4.23. The maximum atomic E-state index is 11.5. The Hall–Kier alpha value is -0.900. The van der Waals surface area contributed by atoms with Crippen LogP contribution in [0.2, 0.25) is 0 Å². The second-order valence-electron chi connectivity index (χ2n) is 3.33. The predicted molar refractivity (Wildman–Crippen MR) is 53.4 cm³/mol. The molecule has 0 aliphatic carbocycles. The molecule has 4 heteroatoms. The third-order valence-corrected chi connectivity index (χ3v) is 2.39. The van der Waals surface area contributed by atoms with Crippen molar-refractivity contribution in [2.45, 2.75) is 20.4 Å². The van der Waals surface area contributed by atoms with Crippen LogP contribution in [0.1, 0.15) is 19.5 Å². The van der Waals surface area contributed by atoms with Crippen molar-refractivity contribution in [2.24, 2.45) is 5.92 Å². The van der Waals surface area contributed by atoms with Gasteiger partial charge in [-0.3, -0.25) is 4.79 Å². The number of amides is 1. The van der Waals surface area contributed by atoms with Crippen molar-refractivity contribution >= 4 is 17.2 Å². The monoisotopic (exact) mass is 198 g/mol. The fourth-order valence-electron chi connectivity index (χ4n) is 1.08. The van der Waals surface area contributed by atoms with Gasteiger partial charge in [-0.25, -0.2) is 4.98 Å². The van der Waals surface area contributed by atoms with E-state index in [1.54, 1.807) is 21.7 Å². The Morgan fingerprint density at radius 2 is 2.38 bits per heavy atom. The van der Waals surface area contributed by atoms with E-state index in [2.05, 4.69) is 4.98 Å². The summed E-state index contributed by atoms with van der Waals surface area (Å²) in [7, 11) is 1.81. The molecule has 1 rings (SSSR count). The molecule has 1 aromatic heterocycles. The largest absolute Gasteiger partial charge is 0.340 e. The quantitative estimate of drug-likeness (QED) is 0.741. The molecule has 0 aliphatic rings. The highest BCUT2D eigenvalue weighted by atomic mass is 32.1. The summed E-state index contributed by atoms with van der Waals surface area (Å²) in [4.78, 5) is 17.3. The molecule has 3 nitrogen and oxygen atoms in total. The summed E-state index contributed by atoms with van der Waals surface area (Å²) >= 11 is 1.55. The standard InChI is InChI=1S/C9H14N2OS/c1-7(2)9(12)11(3)4-8-5-13-6-10-8/h5-7H,4H2,1-3H3. The van der Waals surface area contributed by atoms with E-state index >= 15 is 0 Å². The fraction of sp³-hybridized carbons (Fsp3) is 0.556. The molecule has 0 aliphatic heterocycles. The molecule has 0 unspecified atom stereocenters. The fourth-order valence-corrected chi connectivity index (χ4v) is 1.63. The van der Waals surface area contributed by atoms with E-state index in [4.69, 9.17) is 0 Å². The second kappa shape index (κ2) is 4.37. The number of thiazole rings is 1. The average Bonchev–Trinajstić information content (AvgIpc) is 2.55. The lowest BCUT2D eigenvalue weighted by atomic mass is 10.2. The molecule has 0 saturated heterocycles. The third kappa shape index (κ3) is 2.81. The predicted octanol–water partition coefficient (Wildman–Crippen LogP) is 1.76. The first kappa shape index (κ1) is 10.2. The molecular weight excluding hydrogens is 184 g/mol. The Morgan fingerprint density at radius 3 is 2.85 bits per heavy atom. The summed E-state index contributed by atoms with van der Waals surface area (Å²) in [5.41, 5.74) is 2.74. The number of hydrogen-bond acceptors (Lipinski definition) is 3. The van der Waals surface area contributed by atoms with Crippen LogP contribution in [-0.2, 0) is 11.3 Å². The molecule has 1 aromatic rings. The Labute approximate surface area is 82.4 Å². The van der Waals surface area contributed by atoms with Crippen LogP contribution in [0.15, 0.2) is 10.9 Å². The molecule has 0 aromatic carbocycles. The van der Waals surface area contributed by atoms with Gasteiger partial charge in [0.25, 0.3) is 0 Å². The van der Waals surface area contributed by atoms with E-state index in [9.17, 15) is 4.79 Å². The number of rotatable bonds is 3. The number of carbonyl (C=O) groups is 1. The van der Waals surface area contributed by atoms with Gasteiger partial charge in [-0.2, -0.15) is 0 Å². The molecule has 0 N–H and O–H groups in total. The van der Waals surface area contributed by atoms with Crippen LogP contribution in [0.5, 0.6) is 0 Å². The van der Waals surface area contributed by atoms with Gasteiger partial charge in [0.05, 0.1) is 17.7 Å². The first-order valence-corrected chi connectivity index (χ1v) is 5.17. The van der Waals surface area contributed by atoms with Gasteiger partial charge in [-0.1, -0.05) is 13.8 Å². The van der Waals surface area contributed by atoms with Crippen LogP contribution in [0.25, 0.3) is 0 Å². The second-order valence-corrected chi connectivity index (χ2v) is 4.05. The highest BCUT2D eigenvalue weighted by Crippen LogP contribution is 2.06. The molecule has 0 spiro atoms. The zero-order chi connectivity index (χ0) is 9.84. The molecule has 0 radical (unpaired) electrons. The zero-order valence-corrected chi connectivity index (χ0v) is 8.97. The summed E-state index contributed by atoms with van der Waals surface area (Å²) in [6.07, 6.45) is 0. The summed E-state index contributed by atoms with van der Waals surface area (Å²) in [5, 5.41) is 1.96. The van der Waals surface area contributed by atoms with Crippen molar-refractivity contribution in [3.05, 3.63) is 16.6 Å². The lowest BCUT2D eigenvalue weighted by Gasteiger charge is -2.17. The van der Waals surface area contributed by atoms with Crippen molar-refractivity contribution in [1.82, 2.24) is 9.88 Å². The van der Waals surface area contributed by atoms with Gasteiger partial charge < -0.3 is 4.90 Å². The first-order chi connectivity index (χ1) is 6.11. The van der Waals surface area contributed by atoms with Crippen molar-refractivity contribution in [1.29, 1.82) is 0 Å². The minimum atomic E-state index is 0.0589. The molecule has 72 valence electrons. The number of carbonyl (C=O) groups excluding carboxylic acids is 1. The summed E-state index contributed by atoms with van der Waals surface area (Å²) in [6.45, 7) is 4.42. The minimum absolute atomic E-state index is 0.0589. The van der Waals surface area contributed by atoms with Crippen molar-refractivity contribution in [3.63, 3.8) is 0 Å². The average molecular weight is 198 g/mol. The Bertz CT molecular complexity index is 269. The molecule has 13 heavy (non-hydrogen) atoms. The van der Waals surface area contributed by atoms with E-state index in [-0.39, 0.29) is 11.8 Å². The molecular formula is C9H14N2OS. The topological polar surface area (TPSA) is 33.2 Å². The zero-order valence-electron chi connectivity index (χ0n) is 8.15. The summed E-state index contributed by atoms with van der Waals surface area (Å²) in [6, 6.07) is 0. The van der Waals surface area contributed by atoms with Crippen LogP contribution in [0.3, 0.4) is 0 Å². The molecule has 0 atom stereocenters.